The quantitative estimate of drug-likeness (QED) is 0.821. The molecule has 1 amide bonds. The van der Waals surface area contributed by atoms with Crippen LogP contribution >= 0.6 is 15.9 Å². The summed E-state index contributed by atoms with van der Waals surface area (Å²) in [5.41, 5.74) is 6.06. The Labute approximate surface area is 116 Å². The van der Waals surface area contributed by atoms with Crippen LogP contribution in [0, 0.1) is 0 Å². The average molecular weight is 315 g/mol. The number of rotatable bonds is 5. The molecule has 0 radical (unpaired) electrons. The van der Waals surface area contributed by atoms with Gasteiger partial charge in [0.25, 0.3) is 5.91 Å². The molecule has 5 heteroatoms. The van der Waals surface area contributed by atoms with Gasteiger partial charge in [-0.3, -0.25) is 4.79 Å². The molecule has 0 unspecified atom stereocenters. The highest BCUT2D eigenvalue weighted by Crippen LogP contribution is 2.22. The van der Waals surface area contributed by atoms with Crippen molar-refractivity contribution in [3.05, 3.63) is 22.7 Å². The van der Waals surface area contributed by atoms with Crippen LogP contribution in [0.3, 0.4) is 0 Å². The summed E-state index contributed by atoms with van der Waals surface area (Å²) in [4.78, 5) is 11.7. The Kier molecular flexibility index (Phi) is 5.02. The summed E-state index contributed by atoms with van der Waals surface area (Å²) in [6.07, 6.45) is 0.864. The van der Waals surface area contributed by atoms with E-state index in [-0.39, 0.29) is 18.1 Å². The van der Waals surface area contributed by atoms with Crippen LogP contribution in [0.1, 0.15) is 27.2 Å². The maximum absolute atomic E-state index is 11.7. The second kappa shape index (κ2) is 6.09. The summed E-state index contributed by atoms with van der Waals surface area (Å²) in [5.74, 6) is 0.437. The maximum Gasteiger partial charge on any atom is 0.258 e. The van der Waals surface area contributed by atoms with Gasteiger partial charge < -0.3 is 15.8 Å². The number of anilines is 1. The van der Waals surface area contributed by atoms with Gasteiger partial charge in [0, 0.05) is 21.8 Å². The lowest BCUT2D eigenvalue weighted by Crippen LogP contribution is -2.44. The molecule has 0 aliphatic carbocycles. The molecule has 18 heavy (non-hydrogen) atoms. The zero-order chi connectivity index (χ0) is 13.8. The highest BCUT2D eigenvalue weighted by atomic mass is 79.9. The number of carbonyl (C=O) groups excluding carboxylic acids is 1. The number of ether oxygens (including phenoxy) is 1. The van der Waals surface area contributed by atoms with Crippen LogP contribution in [-0.2, 0) is 4.79 Å². The van der Waals surface area contributed by atoms with Crippen LogP contribution in [0.2, 0.25) is 0 Å². The van der Waals surface area contributed by atoms with E-state index < -0.39 is 0 Å². The molecule has 0 saturated carbocycles. The van der Waals surface area contributed by atoms with E-state index in [4.69, 9.17) is 10.5 Å². The van der Waals surface area contributed by atoms with Gasteiger partial charge in [-0.2, -0.15) is 0 Å². The number of halogens is 1. The van der Waals surface area contributed by atoms with Gasteiger partial charge in [-0.25, -0.2) is 0 Å². The maximum atomic E-state index is 11.7. The molecule has 0 bridgehead atoms. The molecule has 0 aromatic heterocycles. The molecule has 0 saturated heterocycles. The standard InChI is InChI=1S/C13H19BrN2O2/c1-4-13(2,3)16-12(17)8-18-11-6-9(14)5-10(15)7-11/h5-7H,4,8,15H2,1-3H3,(H,16,17). The lowest BCUT2D eigenvalue weighted by atomic mass is 10.0. The predicted molar refractivity (Wildman–Crippen MR) is 76.6 cm³/mol. The lowest BCUT2D eigenvalue weighted by Gasteiger charge is -2.24. The summed E-state index contributed by atoms with van der Waals surface area (Å²) in [6, 6.07) is 5.23. The van der Waals surface area contributed by atoms with Gasteiger partial charge in [0.2, 0.25) is 0 Å². The van der Waals surface area contributed by atoms with Crippen LogP contribution in [0.15, 0.2) is 22.7 Å². The van der Waals surface area contributed by atoms with Crippen molar-refractivity contribution in [1.82, 2.24) is 5.32 Å². The molecule has 1 aromatic carbocycles. The molecular weight excluding hydrogens is 296 g/mol. The Balaban J connectivity index is 2.52. The summed E-state index contributed by atoms with van der Waals surface area (Å²) >= 11 is 3.32. The number of hydrogen-bond donors (Lipinski definition) is 2. The number of nitrogen functional groups attached to an aromatic ring is 1. The monoisotopic (exact) mass is 314 g/mol. The predicted octanol–water partition coefficient (Wildman–Crippen LogP) is 2.71. The van der Waals surface area contributed by atoms with Gasteiger partial charge in [-0.15, -0.1) is 0 Å². The van der Waals surface area contributed by atoms with Crippen LogP contribution in [0.5, 0.6) is 5.75 Å². The highest BCUT2D eigenvalue weighted by molar-refractivity contribution is 9.10. The van der Waals surface area contributed by atoms with E-state index in [1.807, 2.05) is 20.8 Å². The fourth-order valence-corrected chi connectivity index (χ4v) is 1.81. The molecule has 100 valence electrons. The first-order valence-electron chi connectivity index (χ1n) is 5.82. The first kappa shape index (κ1) is 14.8. The van der Waals surface area contributed by atoms with Crippen molar-refractivity contribution in [2.75, 3.05) is 12.3 Å². The molecule has 0 heterocycles. The van der Waals surface area contributed by atoms with Crippen LogP contribution in [0.25, 0.3) is 0 Å². The second-order valence-corrected chi connectivity index (χ2v) is 5.71. The molecule has 1 aromatic rings. The Morgan fingerprint density at radius 2 is 2.11 bits per heavy atom. The van der Waals surface area contributed by atoms with Crippen molar-refractivity contribution < 1.29 is 9.53 Å². The normalized spacial score (nSPS) is 11.1. The summed E-state index contributed by atoms with van der Waals surface area (Å²) in [5, 5.41) is 2.90. The van der Waals surface area contributed by atoms with Crippen molar-refractivity contribution in [2.24, 2.45) is 0 Å². The fourth-order valence-electron chi connectivity index (χ4n) is 1.32. The van der Waals surface area contributed by atoms with E-state index in [2.05, 4.69) is 21.2 Å². The third-order valence-electron chi connectivity index (χ3n) is 2.63. The Morgan fingerprint density at radius 1 is 1.44 bits per heavy atom. The molecule has 0 aliphatic rings. The molecular formula is C13H19BrN2O2. The van der Waals surface area contributed by atoms with Crippen LogP contribution in [0.4, 0.5) is 5.69 Å². The number of carbonyl (C=O) groups is 1. The van der Waals surface area contributed by atoms with E-state index >= 15 is 0 Å². The third kappa shape index (κ3) is 4.96. The zero-order valence-corrected chi connectivity index (χ0v) is 12.5. The largest absolute Gasteiger partial charge is 0.484 e. The molecule has 0 aliphatic heterocycles. The van der Waals surface area contributed by atoms with Gasteiger partial charge in [0.05, 0.1) is 0 Å². The fraction of sp³-hybridized carbons (Fsp3) is 0.462. The van der Waals surface area contributed by atoms with Gasteiger partial charge >= 0.3 is 0 Å². The smallest absolute Gasteiger partial charge is 0.258 e. The van der Waals surface area contributed by atoms with Crippen LogP contribution in [-0.4, -0.2) is 18.1 Å². The van der Waals surface area contributed by atoms with Crippen molar-refractivity contribution >= 4 is 27.5 Å². The number of nitrogens with two attached hydrogens (primary N) is 1. The van der Waals surface area contributed by atoms with E-state index in [0.717, 1.165) is 10.9 Å². The summed E-state index contributed by atoms with van der Waals surface area (Å²) in [7, 11) is 0. The van der Waals surface area contributed by atoms with Crippen LogP contribution < -0.4 is 15.8 Å². The van der Waals surface area contributed by atoms with E-state index in [1.165, 1.54) is 0 Å². The first-order chi connectivity index (χ1) is 8.32. The summed E-state index contributed by atoms with van der Waals surface area (Å²) < 4.78 is 6.22. The minimum absolute atomic E-state index is 0.0146. The van der Waals surface area contributed by atoms with Gasteiger partial charge in [-0.05, 0) is 32.4 Å². The lowest BCUT2D eigenvalue weighted by molar-refractivity contribution is -0.124. The van der Waals surface area contributed by atoms with E-state index in [9.17, 15) is 4.79 Å². The van der Waals surface area contributed by atoms with Crippen molar-refractivity contribution in [3.63, 3.8) is 0 Å². The number of hydrogen-bond acceptors (Lipinski definition) is 3. The Hall–Kier alpha value is -1.23. The van der Waals surface area contributed by atoms with Crippen molar-refractivity contribution in [3.8, 4) is 5.75 Å². The number of nitrogens with one attached hydrogen (secondary N) is 1. The first-order valence-corrected chi connectivity index (χ1v) is 6.61. The van der Waals surface area contributed by atoms with E-state index in [1.54, 1.807) is 18.2 Å². The number of benzene rings is 1. The zero-order valence-electron chi connectivity index (χ0n) is 10.9. The van der Waals surface area contributed by atoms with E-state index in [0.29, 0.717) is 11.4 Å². The molecule has 1 rings (SSSR count). The minimum Gasteiger partial charge on any atom is -0.484 e. The van der Waals surface area contributed by atoms with Crippen molar-refractivity contribution in [1.29, 1.82) is 0 Å². The average Bonchev–Trinajstić information content (AvgIpc) is 2.24. The minimum atomic E-state index is -0.212. The summed E-state index contributed by atoms with van der Waals surface area (Å²) in [6.45, 7) is 5.96. The Bertz CT molecular complexity index is 413. The van der Waals surface area contributed by atoms with Gasteiger partial charge in [-0.1, -0.05) is 22.9 Å². The van der Waals surface area contributed by atoms with Crippen molar-refractivity contribution in [2.45, 2.75) is 32.7 Å². The SMILES string of the molecule is CCC(C)(C)NC(=O)COc1cc(N)cc(Br)c1. The van der Waals surface area contributed by atoms with Gasteiger partial charge in [0.1, 0.15) is 5.75 Å². The molecule has 3 N–H and O–H groups in total. The molecule has 4 nitrogen and oxygen atoms in total. The molecule has 0 spiro atoms. The topological polar surface area (TPSA) is 64.3 Å². The Morgan fingerprint density at radius 3 is 2.67 bits per heavy atom. The molecule has 0 fully saturated rings. The highest BCUT2D eigenvalue weighted by Gasteiger charge is 2.17. The molecule has 0 atom stereocenters. The third-order valence-corrected chi connectivity index (χ3v) is 3.08. The second-order valence-electron chi connectivity index (χ2n) is 4.79. The number of amides is 1. The van der Waals surface area contributed by atoms with Gasteiger partial charge in [0.15, 0.2) is 6.61 Å².